The van der Waals surface area contributed by atoms with Crippen LogP contribution >= 0.6 is 0 Å². The quantitative estimate of drug-likeness (QED) is 0.868. The van der Waals surface area contributed by atoms with Crippen molar-refractivity contribution in [2.75, 3.05) is 26.7 Å². The molecule has 2 aliphatic heterocycles. The van der Waals surface area contributed by atoms with Gasteiger partial charge in [0.15, 0.2) is 0 Å². The summed E-state index contributed by atoms with van der Waals surface area (Å²) in [6.07, 6.45) is 5.18. The molecule has 29 heavy (non-hydrogen) atoms. The summed E-state index contributed by atoms with van der Waals surface area (Å²) < 4.78 is 5.41. The lowest BCUT2D eigenvalue weighted by molar-refractivity contribution is -0.125. The fraction of sp³-hybridized carbons (Fsp3) is 0.480. The van der Waals surface area contributed by atoms with Gasteiger partial charge in [-0.25, -0.2) is 0 Å². The summed E-state index contributed by atoms with van der Waals surface area (Å²) in [5, 5.41) is 3.29. The maximum Gasteiger partial charge on any atom is 0.223 e. The number of methoxy groups -OCH3 is 1. The summed E-state index contributed by atoms with van der Waals surface area (Å²) >= 11 is 0. The van der Waals surface area contributed by atoms with Gasteiger partial charge in [0.2, 0.25) is 5.91 Å². The molecule has 4 heteroatoms. The number of piperidine rings is 1. The molecule has 4 nitrogen and oxygen atoms in total. The first-order valence-electron chi connectivity index (χ1n) is 11.0. The van der Waals surface area contributed by atoms with Crippen LogP contribution in [0.4, 0.5) is 0 Å². The Morgan fingerprint density at radius 2 is 1.90 bits per heavy atom. The van der Waals surface area contributed by atoms with Crippen LogP contribution in [0.15, 0.2) is 42.5 Å². The zero-order chi connectivity index (χ0) is 19.8. The molecule has 1 aliphatic carbocycles. The van der Waals surface area contributed by atoms with Crippen molar-refractivity contribution in [2.24, 2.45) is 11.8 Å². The highest BCUT2D eigenvalue weighted by Crippen LogP contribution is 2.39. The maximum atomic E-state index is 12.8. The van der Waals surface area contributed by atoms with Crippen LogP contribution in [0, 0.1) is 11.8 Å². The highest BCUT2D eigenvalue weighted by molar-refractivity contribution is 5.80. The number of amides is 1. The van der Waals surface area contributed by atoms with Gasteiger partial charge in [0.1, 0.15) is 5.75 Å². The summed E-state index contributed by atoms with van der Waals surface area (Å²) in [4.78, 5) is 15.4. The number of rotatable bonds is 4. The van der Waals surface area contributed by atoms with E-state index in [1.807, 2.05) is 0 Å². The molecule has 1 amide bonds. The molecular weight excluding hydrogens is 360 g/mol. The number of carbonyl (C=O) groups is 1. The Kier molecular flexibility index (Phi) is 5.04. The first-order valence-corrected chi connectivity index (χ1v) is 11.0. The largest absolute Gasteiger partial charge is 0.497 e. The molecule has 2 unspecified atom stereocenters. The van der Waals surface area contributed by atoms with Gasteiger partial charge in [0.05, 0.1) is 7.11 Å². The van der Waals surface area contributed by atoms with E-state index >= 15 is 0 Å². The summed E-state index contributed by atoms with van der Waals surface area (Å²) in [5.41, 5.74) is 5.57. The van der Waals surface area contributed by atoms with Crippen LogP contribution in [-0.4, -0.2) is 37.6 Å². The lowest BCUT2D eigenvalue weighted by Crippen LogP contribution is -2.44. The highest BCUT2D eigenvalue weighted by Gasteiger charge is 2.34. The lowest BCUT2D eigenvalue weighted by atomic mass is 9.82. The van der Waals surface area contributed by atoms with E-state index < -0.39 is 0 Å². The third kappa shape index (κ3) is 3.66. The van der Waals surface area contributed by atoms with E-state index in [0.29, 0.717) is 12.0 Å². The van der Waals surface area contributed by atoms with Gasteiger partial charge in [-0.1, -0.05) is 30.3 Å². The van der Waals surface area contributed by atoms with E-state index in [1.54, 1.807) is 7.11 Å². The molecule has 0 aromatic heterocycles. The molecule has 152 valence electrons. The third-order valence-corrected chi connectivity index (χ3v) is 7.19. The van der Waals surface area contributed by atoms with Gasteiger partial charge in [-0.3, -0.25) is 9.69 Å². The second-order valence-corrected chi connectivity index (χ2v) is 8.88. The van der Waals surface area contributed by atoms with Crippen molar-refractivity contribution in [1.82, 2.24) is 10.2 Å². The minimum absolute atomic E-state index is 0.107. The summed E-state index contributed by atoms with van der Waals surface area (Å²) in [6, 6.07) is 15.5. The fourth-order valence-corrected chi connectivity index (χ4v) is 5.51. The predicted octanol–water partition coefficient (Wildman–Crippen LogP) is 3.54. The van der Waals surface area contributed by atoms with Crippen LogP contribution in [0.1, 0.15) is 41.1 Å². The average molecular weight is 391 g/mol. The summed E-state index contributed by atoms with van der Waals surface area (Å²) in [5.74, 6) is 1.85. The summed E-state index contributed by atoms with van der Waals surface area (Å²) in [7, 11) is 1.74. The van der Waals surface area contributed by atoms with Crippen molar-refractivity contribution in [3.8, 4) is 5.75 Å². The third-order valence-electron chi connectivity index (χ3n) is 7.19. The predicted molar refractivity (Wildman–Crippen MR) is 114 cm³/mol. The molecular formula is C25H30N2O2. The fourth-order valence-electron chi connectivity index (χ4n) is 5.51. The number of nitrogens with zero attached hydrogens (tertiary/aromatic N) is 1. The van der Waals surface area contributed by atoms with Gasteiger partial charge in [-0.15, -0.1) is 0 Å². The van der Waals surface area contributed by atoms with E-state index in [-0.39, 0.29) is 11.8 Å². The molecule has 1 saturated heterocycles. The Bertz CT molecular complexity index is 884. The molecule has 0 bridgehead atoms. The minimum atomic E-state index is 0.107. The number of nitrogens with one attached hydrogen (secondary N) is 1. The normalized spacial score (nSPS) is 23.8. The molecule has 0 saturated carbocycles. The van der Waals surface area contributed by atoms with E-state index in [1.165, 1.54) is 28.7 Å². The van der Waals surface area contributed by atoms with Crippen LogP contribution in [0.25, 0.3) is 0 Å². The van der Waals surface area contributed by atoms with Crippen molar-refractivity contribution in [1.29, 1.82) is 0 Å². The van der Waals surface area contributed by atoms with Gasteiger partial charge in [-0.2, -0.15) is 0 Å². The Hall–Kier alpha value is -2.33. The standard InChI is InChI=1S/C25H30N2O2/c1-29-22-6-7-23-20(15-22)9-11-27-10-8-17(12-24(23)27)16-26-25(28)21-13-18-4-2-3-5-19(18)14-21/h2-7,15,17,21,24H,8-14,16H2,1H3,(H,26,28). The second-order valence-electron chi connectivity index (χ2n) is 8.88. The number of benzene rings is 2. The Balaban J connectivity index is 1.20. The number of carbonyl (C=O) groups excluding carboxylic acids is 1. The van der Waals surface area contributed by atoms with Gasteiger partial charge in [0.25, 0.3) is 0 Å². The number of hydrogen-bond donors (Lipinski definition) is 1. The van der Waals surface area contributed by atoms with Crippen LogP contribution in [0.5, 0.6) is 5.75 Å². The molecule has 2 aromatic carbocycles. The van der Waals surface area contributed by atoms with Crippen LogP contribution in [-0.2, 0) is 24.1 Å². The number of hydrogen-bond acceptors (Lipinski definition) is 3. The zero-order valence-corrected chi connectivity index (χ0v) is 17.2. The van der Waals surface area contributed by atoms with Crippen molar-refractivity contribution < 1.29 is 9.53 Å². The van der Waals surface area contributed by atoms with Crippen molar-refractivity contribution in [3.05, 3.63) is 64.7 Å². The summed E-state index contributed by atoms with van der Waals surface area (Å²) in [6.45, 7) is 3.07. The van der Waals surface area contributed by atoms with Gasteiger partial charge in [0, 0.05) is 25.0 Å². The molecule has 2 atom stereocenters. The van der Waals surface area contributed by atoms with E-state index in [9.17, 15) is 4.79 Å². The Morgan fingerprint density at radius 1 is 1.10 bits per heavy atom. The topological polar surface area (TPSA) is 41.6 Å². The lowest BCUT2D eigenvalue weighted by Gasteiger charge is -2.43. The molecule has 0 radical (unpaired) electrons. The van der Waals surface area contributed by atoms with Gasteiger partial charge >= 0.3 is 0 Å². The van der Waals surface area contributed by atoms with Crippen molar-refractivity contribution in [2.45, 2.75) is 38.1 Å². The first kappa shape index (κ1) is 18.7. The number of fused-ring (bicyclic) bond motifs is 4. The Morgan fingerprint density at radius 3 is 2.66 bits per heavy atom. The van der Waals surface area contributed by atoms with Gasteiger partial charge in [-0.05, 0) is 79.0 Å². The molecule has 2 heterocycles. The van der Waals surface area contributed by atoms with Crippen molar-refractivity contribution in [3.63, 3.8) is 0 Å². The monoisotopic (exact) mass is 390 g/mol. The van der Waals surface area contributed by atoms with Crippen LogP contribution in [0.2, 0.25) is 0 Å². The SMILES string of the molecule is COc1ccc2c(c1)CCN1CCC(CNC(=O)C3Cc4ccccc4C3)CC21. The highest BCUT2D eigenvalue weighted by atomic mass is 16.5. The molecule has 2 aromatic rings. The van der Waals surface area contributed by atoms with Crippen molar-refractivity contribution >= 4 is 5.91 Å². The van der Waals surface area contributed by atoms with E-state index in [2.05, 4.69) is 52.7 Å². The second kappa shape index (κ2) is 7.83. The Labute approximate surface area is 173 Å². The van der Waals surface area contributed by atoms with Crippen LogP contribution in [0.3, 0.4) is 0 Å². The van der Waals surface area contributed by atoms with E-state index in [0.717, 1.165) is 51.1 Å². The van der Waals surface area contributed by atoms with Gasteiger partial charge < -0.3 is 10.1 Å². The average Bonchev–Trinajstić information content (AvgIpc) is 3.21. The molecule has 3 aliphatic rings. The first-order chi connectivity index (χ1) is 14.2. The molecule has 1 fully saturated rings. The smallest absolute Gasteiger partial charge is 0.223 e. The van der Waals surface area contributed by atoms with E-state index in [4.69, 9.17) is 4.74 Å². The minimum Gasteiger partial charge on any atom is -0.497 e. The number of ether oxygens (including phenoxy) is 1. The maximum absolute atomic E-state index is 12.8. The molecule has 5 rings (SSSR count). The molecule has 1 N–H and O–H groups in total. The molecule has 0 spiro atoms. The zero-order valence-electron chi connectivity index (χ0n) is 17.2. The van der Waals surface area contributed by atoms with Crippen LogP contribution < -0.4 is 10.1 Å².